The summed E-state index contributed by atoms with van der Waals surface area (Å²) in [4.78, 5) is 0. The fourth-order valence-electron chi connectivity index (χ4n) is 1.36. The molecular weight excluding hydrogens is 254 g/mol. The van der Waals surface area contributed by atoms with Gasteiger partial charge in [0.2, 0.25) is 10.0 Å². The van der Waals surface area contributed by atoms with Crippen LogP contribution >= 0.6 is 0 Å². The lowest BCUT2D eigenvalue weighted by atomic mass is 10.2. The van der Waals surface area contributed by atoms with E-state index in [0.717, 1.165) is 5.56 Å². The Bertz CT molecular complexity index is 500. The van der Waals surface area contributed by atoms with Crippen LogP contribution in [-0.4, -0.2) is 37.4 Å². The molecule has 0 aliphatic carbocycles. The van der Waals surface area contributed by atoms with Gasteiger partial charge in [-0.05, 0) is 5.56 Å². The maximum atomic E-state index is 12.0. The largest absolute Gasteiger partial charge is 0.409 e. The van der Waals surface area contributed by atoms with E-state index in [-0.39, 0.29) is 24.6 Å². The molecule has 0 amide bonds. The van der Waals surface area contributed by atoms with Crippen LogP contribution in [-0.2, 0) is 15.8 Å². The summed E-state index contributed by atoms with van der Waals surface area (Å²) in [6.45, 7) is 0.186. The van der Waals surface area contributed by atoms with E-state index in [1.165, 1.54) is 11.4 Å². The van der Waals surface area contributed by atoms with Gasteiger partial charge in [0.1, 0.15) is 5.84 Å². The number of rotatable bonds is 6. The maximum Gasteiger partial charge on any atom is 0.218 e. The van der Waals surface area contributed by atoms with Crippen molar-refractivity contribution in [2.24, 2.45) is 10.9 Å². The standard InChI is InChI=1S/C11H17N3O3S/c1-14(8-7-11(12)13-15)18(16,17)9-10-5-3-2-4-6-10/h2-6,15H,7-9H2,1H3,(H2,12,13). The fourth-order valence-corrected chi connectivity index (χ4v) is 2.56. The molecule has 100 valence electrons. The van der Waals surface area contributed by atoms with Gasteiger partial charge in [-0.2, -0.15) is 0 Å². The first-order valence-corrected chi connectivity index (χ1v) is 7.01. The Morgan fingerprint density at radius 3 is 2.56 bits per heavy atom. The highest BCUT2D eigenvalue weighted by Gasteiger charge is 2.18. The third kappa shape index (κ3) is 4.34. The first kappa shape index (κ1) is 14.5. The molecule has 1 aromatic rings. The summed E-state index contributed by atoms with van der Waals surface area (Å²) < 4.78 is 25.2. The molecule has 0 aliphatic heterocycles. The van der Waals surface area contributed by atoms with E-state index < -0.39 is 10.0 Å². The van der Waals surface area contributed by atoms with Crippen LogP contribution in [0.2, 0.25) is 0 Å². The maximum absolute atomic E-state index is 12.0. The molecule has 0 fully saturated rings. The molecule has 0 bridgehead atoms. The SMILES string of the molecule is CN(CC/C(N)=N/O)S(=O)(=O)Cc1ccccc1. The molecule has 0 saturated heterocycles. The highest BCUT2D eigenvalue weighted by Crippen LogP contribution is 2.09. The second kappa shape index (κ2) is 6.36. The Balaban J connectivity index is 2.63. The normalized spacial score (nSPS) is 12.9. The molecule has 0 heterocycles. The van der Waals surface area contributed by atoms with Gasteiger partial charge in [0.05, 0.1) is 5.75 Å². The molecule has 0 spiro atoms. The van der Waals surface area contributed by atoms with E-state index in [1.807, 2.05) is 6.07 Å². The highest BCUT2D eigenvalue weighted by atomic mass is 32.2. The minimum atomic E-state index is -3.38. The zero-order valence-corrected chi connectivity index (χ0v) is 11.0. The van der Waals surface area contributed by atoms with Gasteiger partial charge in [-0.3, -0.25) is 0 Å². The first-order chi connectivity index (χ1) is 8.45. The molecule has 7 heteroatoms. The Kier molecular flexibility index (Phi) is 5.11. The van der Waals surface area contributed by atoms with Gasteiger partial charge < -0.3 is 10.9 Å². The number of amidine groups is 1. The van der Waals surface area contributed by atoms with Crippen LogP contribution < -0.4 is 5.73 Å². The van der Waals surface area contributed by atoms with Gasteiger partial charge in [0.15, 0.2) is 0 Å². The molecule has 0 aliphatic rings. The lowest BCUT2D eigenvalue weighted by Crippen LogP contribution is -2.31. The van der Waals surface area contributed by atoms with Gasteiger partial charge in [-0.15, -0.1) is 0 Å². The zero-order valence-electron chi connectivity index (χ0n) is 10.2. The van der Waals surface area contributed by atoms with Crippen LogP contribution in [0.3, 0.4) is 0 Å². The Morgan fingerprint density at radius 2 is 2.00 bits per heavy atom. The lowest BCUT2D eigenvalue weighted by molar-refractivity contribution is 0.316. The molecular formula is C11H17N3O3S. The minimum Gasteiger partial charge on any atom is -0.409 e. The number of hydrogen-bond donors (Lipinski definition) is 2. The molecule has 6 nitrogen and oxygen atoms in total. The van der Waals surface area contributed by atoms with Crippen molar-refractivity contribution < 1.29 is 13.6 Å². The highest BCUT2D eigenvalue weighted by molar-refractivity contribution is 7.88. The molecule has 1 aromatic carbocycles. The van der Waals surface area contributed by atoms with E-state index >= 15 is 0 Å². The smallest absolute Gasteiger partial charge is 0.218 e. The van der Waals surface area contributed by atoms with Crippen LogP contribution in [0.5, 0.6) is 0 Å². The Labute approximate surface area is 107 Å². The van der Waals surface area contributed by atoms with Crippen molar-refractivity contribution in [2.75, 3.05) is 13.6 Å². The topological polar surface area (TPSA) is 96.0 Å². The van der Waals surface area contributed by atoms with E-state index in [0.29, 0.717) is 0 Å². The Morgan fingerprint density at radius 1 is 1.39 bits per heavy atom. The fraction of sp³-hybridized carbons (Fsp3) is 0.364. The summed E-state index contributed by atoms with van der Waals surface area (Å²) in [5, 5.41) is 11.2. The average molecular weight is 271 g/mol. The Hall–Kier alpha value is -1.60. The molecule has 1 rings (SSSR count). The molecule has 18 heavy (non-hydrogen) atoms. The second-order valence-electron chi connectivity index (χ2n) is 3.90. The van der Waals surface area contributed by atoms with Crippen LogP contribution in [0.15, 0.2) is 35.5 Å². The first-order valence-electron chi connectivity index (χ1n) is 5.40. The number of sulfonamides is 1. The van der Waals surface area contributed by atoms with E-state index in [2.05, 4.69) is 5.16 Å². The monoisotopic (exact) mass is 271 g/mol. The predicted octanol–water partition coefficient (Wildman–Crippen LogP) is 0.585. The second-order valence-corrected chi connectivity index (χ2v) is 5.98. The van der Waals surface area contributed by atoms with Crippen molar-refractivity contribution in [1.82, 2.24) is 4.31 Å². The van der Waals surface area contributed by atoms with Crippen molar-refractivity contribution >= 4 is 15.9 Å². The van der Waals surface area contributed by atoms with Crippen molar-refractivity contribution in [1.29, 1.82) is 0 Å². The van der Waals surface area contributed by atoms with E-state index in [4.69, 9.17) is 10.9 Å². The lowest BCUT2D eigenvalue weighted by Gasteiger charge is -2.16. The van der Waals surface area contributed by atoms with E-state index in [1.54, 1.807) is 24.3 Å². The van der Waals surface area contributed by atoms with Gasteiger partial charge in [0, 0.05) is 20.0 Å². The number of nitrogens with zero attached hydrogens (tertiary/aromatic N) is 2. The van der Waals surface area contributed by atoms with Crippen LogP contribution in [0, 0.1) is 0 Å². The van der Waals surface area contributed by atoms with Crippen molar-refractivity contribution in [2.45, 2.75) is 12.2 Å². The zero-order chi connectivity index (χ0) is 13.6. The van der Waals surface area contributed by atoms with E-state index in [9.17, 15) is 8.42 Å². The molecule has 3 N–H and O–H groups in total. The summed E-state index contributed by atoms with van der Waals surface area (Å²) in [5.74, 6) is -0.0442. The number of benzene rings is 1. The van der Waals surface area contributed by atoms with Gasteiger partial charge in [-0.1, -0.05) is 35.5 Å². The molecule has 0 radical (unpaired) electrons. The van der Waals surface area contributed by atoms with Crippen LogP contribution in [0.4, 0.5) is 0 Å². The molecule has 0 atom stereocenters. The van der Waals surface area contributed by atoms with Crippen LogP contribution in [0.25, 0.3) is 0 Å². The number of nitrogens with two attached hydrogens (primary N) is 1. The average Bonchev–Trinajstić information content (AvgIpc) is 2.36. The predicted molar refractivity (Wildman–Crippen MR) is 69.7 cm³/mol. The quantitative estimate of drug-likeness (QED) is 0.342. The van der Waals surface area contributed by atoms with Gasteiger partial charge in [-0.25, -0.2) is 12.7 Å². The summed E-state index contributed by atoms with van der Waals surface area (Å²) in [5.41, 5.74) is 6.03. The molecule has 0 unspecified atom stereocenters. The van der Waals surface area contributed by atoms with Crippen molar-refractivity contribution in [3.05, 3.63) is 35.9 Å². The van der Waals surface area contributed by atoms with Crippen molar-refractivity contribution in [3.8, 4) is 0 Å². The minimum absolute atomic E-state index is 0.0109. The molecule has 0 saturated carbocycles. The summed E-state index contributed by atoms with van der Waals surface area (Å²) in [7, 11) is -1.90. The third-order valence-electron chi connectivity index (χ3n) is 2.48. The summed E-state index contributed by atoms with van der Waals surface area (Å²) in [6, 6.07) is 8.94. The third-order valence-corrected chi connectivity index (χ3v) is 4.31. The van der Waals surface area contributed by atoms with Gasteiger partial charge in [0.25, 0.3) is 0 Å². The number of oxime groups is 1. The summed E-state index contributed by atoms with van der Waals surface area (Å²) in [6.07, 6.45) is 0.195. The number of hydrogen-bond acceptors (Lipinski definition) is 4. The van der Waals surface area contributed by atoms with Crippen molar-refractivity contribution in [3.63, 3.8) is 0 Å². The van der Waals surface area contributed by atoms with Gasteiger partial charge >= 0.3 is 0 Å². The summed E-state index contributed by atoms with van der Waals surface area (Å²) >= 11 is 0. The van der Waals surface area contributed by atoms with Crippen LogP contribution in [0.1, 0.15) is 12.0 Å². The molecule has 0 aromatic heterocycles.